The molecule has 0 atom stereocenters. The molecule has 0 bridgehead atoms. The van der Waals surface area contributed by atoms with Gasteiger partial charge in [-0.25, -0.2) is 0 Å². The van der Waals surface area contributed by atoms with Crippen LogP contribution in [0.2, 0.25) is 0 Å². The highest BCUT2D eigenvalue weighted by Crippen LogP contribution is 2.25. The van der Waals surface area contributed by atoms with E-state index in [1.54, 1.807) is 48.5 Å². The molecule has 0 aliphatic rings. The number of para-hydroxylation sites is 1. The molecule has 3 aromatic carbocycles. The SMILES string of the molecule is Cc1ccc(S(=O)(=O)n2nc(C(=O)NC(C)(C)c3ccccc3)c3ccccc32)cc1. The molecule has 0 radical (unpaired) electrons. The van der Waals surface area contributed by atoms with Gasteiger partial charge in [-0.05, 0) is 44.5 Å². The number of carbonyl (C=O) groups is 1. The predicted octanol–water partition coefficient (Wildman–Crippen LogP) is 4.25. The Labute approximate surface area is 181 Å². The summed E-state index contributed by atoms with van der Waals surface area (Å²) in [6.07, 6.45) is 0. The van der Waals surface area contributed by atoms with Gasteiger partial charge < -0.3 is 5.32 Å². The molecule has 158 valence electrons. The Morgan fingerprint density at radius 3 is 2.19 bits per heavy atom. The van der Waals surface area contributed by atoms with E-state index in [4.69, 9.17) is 0 Å². The monoisotopic (exact) mass is 433 g/mol. The molecule has 7 heteroatoms. The van der Waals surface area contributed by atoms with E-state index in [1.165, 1.54) is 0 Å². The van der Waals surface area contributed by atoms with Crippen molar-refractivity contribution in [1.82, 2.24) is 14.5 Å². The fourth-order valence-electron chi connectivity index (χ4n) is 3.47. The lowest BCUT2D eigenvalue weighted by Crippen LogP contribution is -2.41. The summed E-state index contributed by atoms with van der Waals surface area (Å²) in [4.78, 5) is 13.3. The standard InChI is InChI=1S/C24H23N3O3S/c1-17-13-15-19(16-14-17)31(29,30)27-21-12-8-7-11-20(21)22(26-27)23(28)25-24(2,3)18-9-5-4-6-10-18/h4-16H,1-3H3,(H,25,28). The fourth-order valence-corrected chi connectivity index (χ4v) is 4.76. The molecule has 0 spiro atoms. The summed E-state index contributed by atoms with van der Waals surface area (Å²) in [6.45, 7) is 5.67. The van der Waals surface area contributed by atoms with E-state index in [1.807, 2.05) is 51.1 Å². The maximum absolute atomic E-state index is 13.3. The smallest absolute Gasteiger partial charge is 0.283 e. The third-order valence-electron chi connectivity index (χ3n) is 5.24. The lowest BCUT2D eigenvalue weighted by Gasteiger charge is -2.26. The Bertz CT molecular complexity index is 1360. The minimum atomic E-state index is -3.97. The Morgan fingerprint density at radius 1 is 0.903 bits per heavy atom. The van der Waals surface area contributed by atoms with Crippen molar-refractivity contribution in [3.05, 3.63) is 95.7 Å². The second-order valence-corrected chi connectivity index (χ2v) is 9.74. The summed E-state index contributed by atoms with van der Waals surface area (Å²) in [6, 6.07) is 22.9. The molecule has 0 saturated carbocycles. The predicted molar refractivity (Wildman–Crippen MR) is 120 cm³/mol. The van der Waals surface area contributed by atoms with E-state index in [2.05, 4.69) is 10.4 Å². The quantitative estimate of drug-likeness (QED) is 0.510. The number of hydrogen-bond acceptors (Lipinski definition) is 4. The summed E-state index contributed by atoms with van der Waals surface area (Å²) in [5.41, 5.74) is 1.63. The van der Waals surface area contributed by atoms with Gasteiger partial charge in [-0.15, -0.1) is 0 Å². The van der Waals surface area contributed by atoms with Crippen LogP contribution in [-0.4, -0.2) is 23.5 Å². The number of aromatic nitrogens is 2. The lowest BCUT2D eigenvalue weighted by atomic mass is 9.94. The van der Waals surface area contributed by atoms with Crippen LogP contribution in [0.15, 0.2) is 83.8 Å². The van der Waals surface area contributed by atoms with Crippen molar-refractivity contribution in [1.29, 1.82) is 0 Å². The first kappa shape index (κ1) is 20.8. The second-order valence-electron chi connectivity index (χ2n) is 7.97. The Hall–Kier alpha value is -3.45. The number of aryl methyl sites for hydroxylation is 1. The zero-order valence-corrected chi connectivity index (χ0v) is 18.3. The van der Waals surface area contributed by atoms with Gasteiger partial charge in [0.05, 0.1) is 16.0 Å². The van der Waals surface area contributed by atoms with Crippen LogP contribution in [-0.2, 0) is 15.6 Å². The average molecular weight is 434 g/mol. The molecule has 0 aliphatic heterocycles. The van der Waals surface area contributed by atoms with Crippen LogP contribution in [0.3, 0.4) is 0 Å². The Kier molecular flexibility index (Phi) is 5.15. The van der Waals surface area contributed by atoms with E-state index < -0.39 is 21.5 Å². The minimum Gasteiger partial charge on any atom is -0.342 e. The van der Waals surface area contributed by atoms with Crippen LogP contribution in [0.4, 0.5) is 0 Å². The number of nitrogens with zero attached hydrogens (tertiary/aromatic N) is 2. The summed E-state index contributed by atoms with van der Waals surface area (Å²) in [5.74, 6) is -0.442. The normalized spacial score (nSPS) is 12.1. The molecule has 0 fully saturated rings. The van der Waals surface area contributed by atoms with Crippen molar-refractivity contribution < 1.29 is 13.2 Å². The minimum absolute atomic E-state index is 0.0651. The molecule has 4 rings (SSSR count). The molecular formula is C24H23N3O3S. The van der Waals surface area contributed by atoms with Crippen LogP contribution in [0.5, 0.6) is 0 Å². The van der Waals surface area contributed by atoms with Gasteiger partial charge in [0.2, 0.25) is 0 Å². The molecule has 6 nitrogen and oxygen atoms in total. The van der Waals surface area contributed by atoms with E-state index in [9.17, 15) is 13.2 Å². The van der Waals surface area contributed by atoms with Gasteiger partial charge >= 0.3 is 0 Å². The molecule has 1 N–H and O–H groups in total. The maximum Gasteiger partial charge on any atom is 0.283 e. The first-order valence-corrected chi connectivity index (χ1v) is 11.3. The van der Waals surface area contributed by atoms with E-state index in [-0.39, 0.29) is 10.6 Å². The Balaban J connectivity index is 1.78. The van der Waals surface area contributed by atoms with Crippen molar-refractivity contribution in [2.75, 3.05) is 0 Å². The van der Waals surface area contributed by atoms with Gasteiger partial charge in [0.1, 0.15) is 0 Å². The summed E-state index contributed by atoms with van der Waals surface area (Å²) in [7, 11) is -3.97. The van der Waals surface area contributed by atoms with Crippen LogP contribution in [0.25, 0.3) is 10.9 Å². The number of carbonyl (C=O) groups excluding carboxylic acids is 1. The molecule has 1 amide bonds. The molecule has 31 heavy (non-hydrogen) atoms. The van der Waals surface area contributed by atoms with Crippen LogP contribution >= 0.6 is 0 Å². The van der Waals surface area contributed by atoms with E-state index >= 15 is 0 Å². The first-order valence-electron chi connectivity index (χ1n) is 9.88. The number of rotatable bonds is 5. The lowest BCUT2D eigenvalue weighted by molar-refractivity contribution is 0.0908. The second kappa shape index (κ2) is 7.67. The zero-order valence-electron chi connectivity index (χ0n) is 17.5. The molecule has 0 unspecified atom stereocenters. The molecule has 4 aromatic rings. The fraction of sp³-hybridized carbons (Fsp3) is 0.167. The number of amides is 1. The Morgan fingerprint density at radius 2 is 1.52 bits per heavy atom. The van der Waals surface area contributed by atoms with Gasteiger partial charge in [-0.2, -0.15) is 17.6 Å². The molecule has 1 heterocycles. The molecule has 0 saturated heterocycles. The highest BCUT2D eigenvalue weighted by Gasteiger charge is 2.29. The van der Waals surface area contributed by atoms with Crippen molar-refractivity contribution in [3.8, 4) is 0 Å². The number of fused-ring (bicyclic) bond motifs is 1. The maximum atomic E-state index is 13.3. The molecule has 0 aliphatic carbocycles. The zero-order chi connectivity index (χ0) is 22.2. The van der Waals surface area contributed by atoms with Gasteiger partial charge in [-0.3, -0.25) is 4.79 Å². The average Bonchev–Trinajstić information content (AvgIpc) is 3.15. The van der Waals surface area contributed by atoms with Crippen LogP contribution < -0.4 is 5.32 Å². The van der Waals surface area contributed by atoms with Crippen molar-refractivity contribution in [2.24, 2.45) is 0 Å². The van der Waals surface area contributed by atoms with E-state index in [0.717, 1.165) is 15.2 Å². The summed E-state index contributed by atoms with van der Waals surface area (Å²) >= 11 is 0. The van der Waals surface area contributed by atoms with E-state index in [0.29, 0.717) is 10.9 Å². The molecular weight excluding hydrogens is 410 g/mol. The van der Waals surface area contributed by atoms with Crippen LogP contribution in [0.1, 0.15) is 35.5 Å². The number of benzene rings is 3. The van der Waals surface area contributed by atoms with Gasteiger partial charge in [-0.1, -0.05) is 66.2 Å². The first-order chi connectivity index (χ1) is 14.7. The van der Waals surface area contributed by atoms with Crippen molar-refractivity contribution in [2.45, 2.75) is 31.2 Å². The van der Waals surface area contributed by atoms with Crippen molar-refractivity contribution in [3.63, 3.8) is 0 Å². The third kappa shape index (κ3) is 3.84. The highest BCUT2D eigenvalue weighted by atomic mass is 32.2. The topological polar surface area (TPSA) is 81.1 Å². The summed E-state index contributed by atoms with van der Waals surface area (Å²) in [5, 5.41) is 7.71. The number of hydrogen-bond donors (Lipinski definition) is 1. The van der Waals surface area contributed by atoms with Crippen LogP contribution in [0, 0.1) is 6.92 Å². The molecule has 1 aromatic heterocycles. The van der Waals surface area contributed by atoms with Gasteiger partial charge in [0, 0.05) is 5.39 Å². The summed E-state index contributed by atoms with van der Waals surface area (Å²) < 4.78 is 27.5. The van der Waals surface area contributed by atoms with Gasteiger partial charge in [0.25, 0.3) is 15.9 Å². The van der Waals surface area contributed by atoms with Crippen molar-refractivity contribution >= 4 is 26.8 Å². The van der Waals surface area contributed by atoms with Gasteiger partial charge in [0.15, 0.2) is 5.69 Å². The highest BCUT2D eigenvalue weighted by molar-refractivity contribution is 7.90. The largest absolute Gasteiger partial charge is 0.342 e. The number of nitrogens with one attached hydrogen (secondary N) is 1. The third-order valence-corrected chi connectivity index (χ3v) is 6.84.